The molecule has 0 spiro atoms. The Morgan fingerprint density at radius 1 is 1.38 bits per heavy atom. The molecule has 0 saturated heterocycles. The number of anilines is 1. The minimum Gasteiger partial charge on any atom is -0.497 e. The van der Waals surface area contributed by atoms with Gasteiger partial charge >= 0.3 is 0 Å². The maximum atomic E-state index is 13.5. The molecule has 0 atom stereocenters. The Balaban J connectivity index is 2.04. The van der Waals surface area contributed by atoms with Gasteiger partial charge in [-0.05, 0) is 17.5 Å². The van der Waals surface area contributed by atoms with Gasteiger partial charge in [0, 0.05) is 29.2 Å². The van der Waals surface area contributed by atoms with Crippen molar-refractivity contribution in [1.29, 1.82) is 0 Å². The largest absolute Gasteiger partial charge is 0.497 e. The fourth-order valence-electron chi connectivity index (χ4n) is 1.36. The Hall–Kier alpha value is -1.55. The Bertz CT molecular complexity index is 456. The van der Waals surface area contributed by atoms with Crippen LogP contribution in [0.2, 0.25) is 0 Å². The predicted octanol–water partition coefficient (Wildman–Crippen LogP) is 3.51. The van der Waals surface area contributed by atoms with Crippen molar-refractivity contribution in [3.8, 4) is 5.75 Å². The lowest BCUT2D eigenvalue weighted by atomic mass is 10.2. The molecule has 2 rings (SSSR count). The molecule has 84 valence electrons. The number of hydrogen-bond acceptors (Lipinski definition) is 3. The first-order chi connectivity index (χ1) is 7.79. The third-order valence-electron chi connectivity index (χ3n) is 2.26. The van der Waals surface area contributed by atoms with Gasteiger partial charge in [-0.1, -0.05) is 6.07 Å². The molecule has 0 aliphatic carbocycles. The van der Waals surface area contributed by atoms with E-state index in [1.54, 1.807) is 23.5 Å². The van der Waals surface area contributed by atoms with Gasteiger partial charge in [0.25, 0.3) is 0 Å². The van der Waals surface area contributed by atoms with Crippen molar-refractivity contribution in [3.05, 3.63) is 46.4 Å². The van der Waals surface area contributed by atoms with Gasteiger partial charge in [-0.25, -0.2) is 4.39 Å². The van der Waals surface area contributed by atoms with Gasteiger partial charge in [0.05, 0.1) is 7.11 Å². The molecule has 0 radical (unpaired) electrons. The average molecular weight is 237 g/mol. The van der Waals surface area contributed by atoms with E-state index in [-0.39, 0.29) is 5.82 Å². The summed E-state index contributed by atoms with van der Waals surface area (Å²) >= 11 is 1.61. The number of ether oxygens (including phenoxy) is 1. The first-order valence-corrected chi connectivity index (χ1v) is 5.82. The SMILES string of the molecule is COc1ccc(CNc2ccsc2)c(F)c1. The molecular formula is C12H12FNOS. The number of nitrogens with one attached hydrogen (secondary N) is 1. The van der Waals surface area contributed by atoms with Crippen LogP contribution in [-0.4, -0.2) is 7.11 Å². The zero-order valence-corrected chi connectivity index (χ0v) is 9.68. The molecule has 0 aliphatic rings. The molecule has 1 aromatic carbocycles. The Morgan fingerprint density at radius 2 is 2.25 bits per heavy atom. The van der Waals surface area contributed by atoms with Gasteiger partial charge in [-0.15, -0.1) is 0 Å². The fourth-order valence-corrected chi connectivity index (χ4v) is 1.97. The van der Waals surface area contributed by atoms with E-state index in [4.69, 9.17) is 4.74 Å². The Labute approximate surface area is 97.7 Å². The van der Waals surface area contributed by atoms with E-state index < -0.39 is 0 Å². The molecule has 16 heavy (non-hydrogen) atoms. The summed E-state index contributed by atoms with van der Waals surface area (Å²) in [5.41, 5.74) is 1.65. The molecule has 2 nitrogen and oxygen atoms in total. The second kappa shape index (κ2) is 4.99. The maximum Gasteiger partial charge on any atom is 0.131 e. The van der Waals surface area contributed by atoms with Gasteiger partial charge in [0.2, 0.25) is 0 Å². The minimum absolute atomic E-state index is 0.248. The van der Waals surface area contributed by atoms with E-state index in [1.165, 1.54) is 13.2 Å². The second-order valence-corrected chi connectivity index (χ2v) is 4.10. The zero-order valence-electron chi connectivity index (χ0n) is 8.87. The summed E-state index contributed by atoms with van der Waals surface area (Å²) in [4.78, 5) is 0. The standard InChI is InChI=1S/C12H12FNOS/c1-15-11-3-2-9(12(13)6-11)7-14-10-4-5-16-8-10/h2-6,8,14H,7H2,1H3. The van der Waals surface area contributed by atoms with E-state index in [0.717, 1.165) is 5.69 Å². The van der Waals surface area contributed by atoms with E-state index >= 15 is 0 Å². The quantitative estimate of drug-likeness (QED) is 0.878. The zero-order chi connectivity index (χ0) is 11.4. The van der Waals surface area contributed by atoms with Crippen LogP contribution in [-0.2, 0) is 6.54 Å². The third kappa shape index (κ3) is 2.52. The molecule has 0 unspecified atom stereocenters. The monoisotopic (exact) mass is 237 g/mol. The Kier molecular flexibility index (Phi) is 3.41. The van der Waals surface area contributed by atoms with Crippen LogP contribution in [0.25, 0.3) is 0 Å². The molecule has 1 heterocycles. The van der Waals surface area contributed by atoms with E-state index in [0.29, 0.717) is 17.9 Å². The lowest BCUT2D eigenvalue weighted by Gasteiger charge is -2.07. The first kappa shape index (κ1) is 11.0. The van der Waals surface area contributed by atoms with E-state index in [9.17, 15) is 4.39 Å². The van der Waals surface area contributed by atoms with Gasteiger partial charge in [0.1, 0.15) is 11.6 Å². The molecule has 0 bridgehead atoms. The van der Waals surface area contributed by atoms with E-state index in [1.807, 2.05) is 16.8 Å². The van der Waals surface area contributed by atoms with Crippen molar-refractivity contribution in [2.24, 2.45) is 0 Å². The molecule has 2 aromatic rings. The molecule has 1 aromatic heterocycles. The van der Waals surface area contributed by atoms with Gasteiger partial charge in [0.15, 0.2) is 0 Å². The van der Waals surface area contributed by atoms with Crippen molar-refractivity contribution in [1.82, 2.24) is 0 Å². The lowest BCUT2D eigenvalue weighted by molar-refractivity contribution is 0.411. The van der Waals surface area contributed by atoms with Gasteiger partial charge in [-0.2, -0.15) is 11.3 Å². The highest BCUT2D eigenvalue weighted by Gasteiger charge is 2.03. The van der Waals surface area contributed by atoms with Crippen molar-refractivity contribution in [2.75, 3.05) is 12.4 Å². The van der Waals surface area contributed by atoms with Crippen LogP contribution in [0.3, 0.4) is 0 Å². The molecular weight excluding hydrogens is 225 g/mol. The van der Waals surface area contributed by atoms with Crippen LogP contribution in [0.4, 0.5) is 10.1 Å². The number of rotatable bonds is 4. The fraction of sp³-hybridized carbons (Fsp3) is 0.167. The topological polar surface area (TPSA) is 21.3 Å². The summed E-state index contributed by atoms with van der Waals surface area (Å²) in [5.74, 6) is 0.291. The van der Waals surface area contributed by atoms with Crippen molar-refractivity contribution in [3.63, 3.8) is 0 Å². The summed E-state index contributed by atoms with van der Waals surface area (Å²) in [7, 11) is 1.53. The van der Waals surface area contributed by atoms with Crippen LogP contribution >= 0.6 is 11.3 Å². The van der Waals surface area contributed by atoms with Crippen molar-refractivity contribution in [2.45, 2.75) is 6.54 Å². The Morgan fingerprint density at radius 3 is 2.88 bits per heavy atom. The summed E-state index contributed by atoms with van der Waals surface area (Å²) in [6.45, 7) is 0.479. The van der Waals surface area contributed by atoms with Crippen molar-refractivity contribution >= 4 is 17.0 Å². The van der Waals surface area contributed by atoms with Gasteiger partial charge in [-0.3, -0.25) is 0 Å². The smallest absolute Gasteiger partial charge is 0.131 e. The third-order valence-corrected chi connectivity index (χ3v) is 2.95. The summed E-state index contributed by atoms with van der Waals surface area (Å²) in [6.07, 6.45) is 0. The summed E-state index contributed by atoms with van der Waals surface area (Å²) in [5, 5.41) is 7.12. The van der Waals surface area contributed by atoms with E-state index in [2.05, 4.69) is 5.32 Å². The summed E-state index contributed by atoms with van der Waals surface area (Å²) in [6, 6.07) is 6.85. The number of benzene rings is 1. The number of thiophene rings is 1. The second-order valence-electron chi connectivity index (χ2n) is 3.32. The molecule has 4 heteroatoms. The highest BCUT2D eigenvalue weighted by molar-refractivity contribution is 7.08. The number of halogens is 1. The first-order valence-electron chi connectivity index (χ1n) is 4.88. The molecule has 0 amide bonds. The maximum absolute atomic E-state index is 13.5. The van der Waals surface area contributed by atoms with Crippen LogP contribution in [0.1, 0.15) is 5.56 Å². The van der Waals surface area contributed by atoms with Gasteiger partial charge < -0.3 is 10.1 Å². The predicted molar refractivity (Wildman–Crippen MR) is 64.6 cm³/mol. The minimum atomic E-state index is -0.248. The summed E-state index contributed by atoms with van der Waals surface area (Å²) < 4.78 is 18.5. The average Bonchev–Trinajstić information content (AvgIpc) is 2.80. The highest BCUT2D eigenvalue weighted by atomic mass is 32.1. The lowest BCUT2D eigenvalue weighted by Crippen LogP contribution is -2.01. The van der Waals surface area contributed by atoms with Crippen LogP contribution in [0, 0.1) is 5.82 Å². The van der Waals surface area contributed by atoms with Crippen molar-refractivity contribution < 1.29 is 9.13 Å². The van der Waals surface area contributed by atoms with Crippen LogP contribution in [0.15, 0.2) is 35.0 Å². The van der Waals surface area contributed by atoms with Crippen LogP contribution in [0.5, 0.6) is 5.75 Å². The highest BCUT2D eigenvalue weighted by Crippen LogP contribution is 2.18. The molecule has 0 saturated carbocycles. The number of methoxy groups -OCH3 is 1. The number of hydrogen-bond donors (Lipinski definition) is 1. The molecule has 0 aliphatic heterocycles. The normalized spacial score (nSPS) is 10.1. The molecule has 1 N–H and O–H groups in total. The van der Waals surface area contributed by atoms with Crippen LogP contribution < -0.4 is 10.1 Å². The molecule has 0 fully saturated rings.